The lowest BCUT2D eigenvalue weighted by atomic mass is 9.72. The normalized spacial score (nSPS) is 17.7. The molecule has 1 saturated heterocycles. The number of nitrogens with one attached hydrogen (secondary N) is 2. The number of carbonyl (C=O) groups excluding carboxylic acids is 4. The molecule has 0 spiro atoms. The molecule has 1 fully saturated rings. The first kappa shape index (κ1) is 27.3. The van der Waals surface area contributed by atoms with Crippen molar-refractivity contribution in [3.8, 4) is 17.2 Å². The van der Waals surface area contributed by atoms with Gasteiger partial charge in [0.2, 0.25) is 5.91 Å². The van der Waals surface area contributed by atoms with Crippen molar-refractivity contribution in [3.63, 3.8) is 0 Å². The molecule has 14 nitrogen and oxygen atoms in total. The van der Waals surface area contributed by atoms with Crippen molar-refractivity contribution in [1.29, 1.82) is 0 Å². The van der Waals surface area contributed by atoms with E-state index in [0.717, 1.165) is 12.1 Å². The number of urea groups is 1. The summed E-state index contributed by atoms with van der Waals surface area (Å²) < 4.78 is 5.39. The molecule has 0 aliphatic carbocycles. The second kappa shape index (κ2) is 10.9. The summed E-state index contributed by atoms with van der Waals surface area (Å²) in [7, 11) is -1.65. The number of benzene rings is 2. The van der Waals surface area contributed by atoms with E-state index in [9.17, 15) is 44.3 Å². The van der Waals surface area contributed by atoms with Gasteiger partial charge in [0.15, 0.2) is 11.5 Å². The fourth-order valence-electron chi connectivity index (χ4n) is 4.37. The van der Waals surface area contributed by atoms with Gasteiger partial charge in [-0.3, -0.25) is 19.3 Å². The van der Waals surface area contributed by atoms with Gasteiger partial charge in [-0.25, -0.2) is 9.59 Å². The van der Waals surface area contributed by atoms with E-state index in [2.05, 4.69) is 10.6 Å². The van der Waals surface area contributed by atoms with Crippen molar-refractivity contribution in [1.82, 2.24) is 20.4 Å². The van der Waals surface area contributed by atoms with Crippen molar-refractivity contribution in [2.45, 2.75) is 25.3 Å². The van der Waals surface area contributed by atoms with E-state index in [4.69, 9.17) is 4.65 Å². The maximum Gasteiger partial charge on any atom is 0.547 e. The molecule has 2 aliphatic rings. The molecule has 4 rings (SSSR count). The fourth-order valence-corrected chi connectivity index (χ4v) is 4.37. The molecule has 2 aliphatic heterocycles. The smallest absolute Gasteiger partial charge is 0.534 e. The quantitative estimate of drug-likeness (QED) is 0.156. The highest BCUT2D eigenvalue weighted by molar-refractivity contribution is 6.47. The van der Waals surface area contributed by atoms with Crippen molar-refractivity contribution in [2.75, 3.05) is 19.6 Å². The van der Waals surface area contributed by atoms with E-state index in [1.807, 2.05) is 0 Å². The molecule has 0 radical (unpaired) electrons. The first-order chi connectivity index (χ1) is 18.5. The van der Waals surface area contributed by atoms with Crippen LogP contribution in [0.5, 0.6) is 17.2 Å². The van der Waals surface area contributed by atoms with Gasteiger partial charge in [-0.2, -0.15) is 0 Å². The molecule has 2 aromatic rings. The highest BCUT2D eigenvalue weighted by Gasteiger charge is 2.41. The van der Waals surface area contributed by atoms with Gasteiger partial charge in [-0.1, -0.05) is 18.2 Å². The minimum absolute atomic E-state index is 0.0156. The largest absolute Gasteiger partial charge is 0.547 e. The Kier molecular flexibility index (Phi) is 7.62. The van der Waals surface area contributed by atoms with Gasteiger partial charge < -0.3 is 40.5 Å². The number of imide groups is 1. The zero-order chi connectivity index (χ0) is 28.4. The van der Waals surface area contributed by atoms with E-state index < -0.39 is 60.3 Å². The minimum atomic E-state index is -1.65. The monoisotopic (exact) mass is 540 g/mol. The first-order valence-electron chi connectivity index (χ1n) is 11.9. The lowest BCUT2D eigenvalue weighted by molar-refractivity contribution is -0.153. The van der Waals surface area contributed by atoms with Gasteiger partial charge in [0.1, 0.15) is 11.8 Å². The number of carboxylic acid groups (broad SMARTS) is 1. The maximum absolute atomic E-state index is 13.4. The molecule has 6 N–H and O–H groups in total. The minimum Gasteiger partial charge on any atom is -0.534 e. The number of aromatic hydroxyl groups is 2. The van der Waals surface area contributed by atoms with Gasteiger partial charge in [0, 0.05) is 19.6 Å². The number of nitrogens with zero attached hydrogens (tertiary/aromatic N) is 2. The van der Waals surface area contributed by atoms with E-state index in [1.165, 1.54) is 23.1 Å². The number of carbonyl (C=O) groups is 5. The van der Waals surface area contributed by atoms with Crippen LogP contribution in [0.3, 0.4) is 0 Å². The molecule has 5 amide bonds. The summed E-state index contributed by atoms with van der Waals surface area (Å²) >= 11 is 0. The highest BCUT2D eigenvalue weighted by Crippen LogP contribution is 2.31. The second-order valence-electron chi connectivity index (χ2n) is 8.90. The van der Waals surface area contributed by atoms with E-state index >= 15 is 0 Å². The van der Waals surface area contributed by atoms with Crippen LogP contribution in [0.25, 0.3) is 0 Å². The Morgan fingerprint density at radius 2 is 1.85 bits per heavy atom. The number of rotatable bonds is 6. The third-order valence-corrected chi connectivity index (χ3v) is 6.48. The molecule has 2 aromatic carbocycles. The third kappa shape index (κ3) is 5.43. The summed E-state index contributed by atoms with van der Waals surface area (Å²) in [6, 6.07) is 5.15. The number of amides is 5. The molecule has 0 bridgehead atoms. The Bertz CT molecular complexity index is 1350. The lowest BCUT2D eigenvalue weighted by Crippen LogP contribution is -2.60. The number of para-hydroxylation sites is 1. The van der Waals surface area contributed by atoms with Gasteiger partial charge in [-0.15, -0.1) is 0 Å². The molecular weight excluding hydrogens is 515 g/mol. The highest BCUT2D eigenvalue weighted by atomic mass is 16.5. The molecule has 0 unspecified atom stereocenters. The zero-order valence-corrected chi connectivity index (χ0v) is 20.7. The Hall–Kier alpha value is -4.79. The Morgan fingerprint density at radius 1 is 1.10 bits per heavy atom. The van der Waals surface area contributed by atoms with Crippen LogP contribution in [0.4, 0.5) is 4.79 Å². The number of phenols is 2. The molecule has 39 heavy (non-hydrogen) atoms. The van der Waals surface area contributed by atoms with Gasteiger partial charge in [0.25, 0.3) is 0 Å². The summed E-state index contributed by atoms with van der Waals surface area (Å²) in [5, 5.41) is 44.5. The Morgan fingerprint density at radius 3 is 2.51 bits per heavy atom. The number of hydrogen-bond donors (Lipinski definition) is 6. The average Bonchev–Trinajstić information content (AvgIpc) is 2.90. The lowest BCUT2D eigenvalue weighted by Gasteiger charge is -2.33. The first-order valence-corrected chi connectivity index (χ1v) is 11.9. The number of hydrogen-bond acceptors (Lipinski definition) is 9. The van der Waals surface area contributed by atoms with Crippen LogP contribution in [0.2, 0.25) is 0 Å². The fraction of sp³-hybridized carbons (Fsp3) is 0.292. The SMILES string of the molecule is CCN1CCN(C(=O)N[C@H](C(=O)N[C@H]2Cc3cccc(C(=O)O)c3OB2O)c2ccc(O)c(O)c2)C(=O)C1=O. The topological polar surface area (TPSA) is 206 Å². The number of aromatic carboxylic acids is 1. The van der Waals surface area contributed by atoms with E-state index in [1.54, 1.807) is 13.0 Å². The van der Waals surface area contributed by atoms with E-state index in [-0.39, 0.29) is 42.9 Å². The molecule has 204 valence electrons. The van der Waals surface area contributed by atoms with Crippen molar-refractivity contribution < 1.29 is 49.0 Å². The summed E-state index contributed by atoms with van der Waals surface area (Å²) in [5.41, 5.74) is 0.261. The zero-order valence-electron chi connectivity index (χ0n) is 20.7. The average molecular weight is 540 g/mol. The molecule has 15 heteroatoms. The van der Waals surface area contributed by atoms with Gasteiger partial charge in [0.05, 0.1) is 11.5 Å². The number of carboxylic acids is 1. The van der Waals surface area contributed by atoms with Crippen LogP contribution in [0.1, 0.15) is 34.5 Å². The molecule has 0 saturated carbocycles. The van der Waals surface area contributed by atoms with E-state index in [0.29, 0.717) is 10.5 Å². The Labute approximate surface area is 221 Å². The molecular formula is C24H25BN4O10. The summed E-state index contributed by atoms with van der Waals surface area (Å²) in [4.78, 5) is 64.6. The summed E-state index contributed by atoms with van der Waals surface area (Å²) in [6.45, 7) is 1.95. The third-order valence-electron chi connectivity index (χ3n) is 6.48. The standard InChI is InChI=1S/C24H25BN4O10/c1-2-28-8-9-29(22(34)21(28)33)24(37)27-18(12-6-7-15(30)16(31)10-12)20(32)26-17-11-13-4-3-5-14(23(35)36)19(13)39-25(17)38/h3-7,10,17-18,30-31,38H,2,8-9,11H2,1H3,(H,26,32)(H,27,37)(H,35,36)/t17-,18-/m0/s1. The van der Waals surface area contributed by atoms with Crippen LogP contribution >= 0.6 is 0 Å². The van der Waals surface area contributed by atoms with Crippen molar-refractivity contribution >= 4 is 36.8 Å². The molecule has 2 heterocycles. The second-order valence-corrected chi connectivity index (χ2v) is 8.90. The Balaban J connectivity index is 1.57. The number of fused-ring (bicyclic) bond motifs is 1. The predicted molar refractivity (Wildman–Crippen MR) is 133 cm³/mol. The van der Waals surface area contributed by atoms with Crippen LogP contribution in [0.15, 0.2) is 36.4 Å². The van der Waals surface area contributed by atoms with Crippen molar-refractivity contribution in [2.24, 2.45) is 0 Å². The number of phenolic OH excluding ortho intramolecular Hbond substituents is 2. The number of likely N-dealkylation sites (N-methyl/N-ethyl adjacent to an activating group) is 1. The van der Waals surface area contributed by atoms with Gasteiger partial charge >= 0.3 is 30.9 Å². The van der Waals surface area contributed by atoms with Crippen LogP contribution in [-0.2, 0) is 20.8 Å². The summed E-state index contributed by atoms with van der Waals surface area (Å²) in [6.07, 6.45) is -0.0170. The number of piperazine rings is 1. The van der Waals surface area contributed by atoms with Gasteiger partial charge in [-0.05, 0) is 42.7 Å². The van der Waals surface area contributed by atoms with Crippen LogP contribution in [-0.4, -0.2) is 92.6 Å². The van der Waals surface area contributed by atoms with Crippen molar-refractivity contribution in [3.05, 3.63) is 53.1 Å². The predicted octanol–water partition coefficient (Wildman–Crippen LogP) is -0.623. The maximum atomic E-state index is 13.4. The molecule has 0 aromatic heterocycles. The van der Waals surface area contributed by atoms with Crippen LogP contribution in [0, 0.1) is 0 Å². The molecule has 2 atom stereocenters. The van der Waals surface area contributed by atoms with Crippen LogP contribution < -0.4 is 15.3 Å². The summed E-state index contributed by atoms with van der Waals surface area (Å²) in [5.74, 6) is -6.27.